The van der Waals surface area contributed by atoms with Gasteiger partial charge in [-0.05, 0) is 121 Å². The van der Waals surface area contributed by atoms with E-state index < -0.39 is 0 Å². The summed E-state index contributed by atoms with van der Waals surface area (Å²) in [6.07, 6.45) is 0. The van der Waals surface area contributed by atoms with Gasteiger partial charge in [-0.3, -0.25) is 0 Å². The lowest BCUT2D eigenvalue weighted by Gasteiger charge is -2.28. The second-order valence-corrected chi connectivity index (χ2v) is 16.4. The molecule has 294 valence electrons. The van der Waals surface area contributed by atoms with Crippen molar-refractivity contribution in [1.82, 2.24) is 0 Å². The van der Waals surface area contributed by atoms with E-state index in [0.29, 0.717) is 0 Å². The number of rotatable bonds is 6. The molecule has 3 heteroatoms. The molecule has 11 aromatic carbocycles. The van der Waals surface area contributed by atoms with Crippen LogP contribution in [-0.4, -0.2) is 0 Å². The molecule has 0 aliphatic carbocycles. The van der Waals surface area contributed by atoms with Crippen LogP contribution in [0, 0.1) is 0 Å². The van der Waals surface area contributed by atoms with E-state index in [0.717, 1.165) is 88.8 Å². The van der Waals surface area contributed by atoms with E-state index in [9.17, 15) is 0 Å². The standard InChI is InChI=1S/C60H37NO2/c1-4-15-47-41(12-1)34-43(48-20-11-21-54-52-19-8-10-23-58(52)63-60(48)54)35-55(47)39-26-31-45(32-27-39)61(56-36-42-13-2-3-14-46(42)49-16-5-6-17-50(49)56)44-29-24-38(25-30-44)40-28-33-53-51-18-7-9-22-57(51)62-59(53)37-40/h1-37H. The number of nitrogens with zero attached hydrogens (tertiary/aromatic N) is 1. The molecule has 0 unspecified atom stereocenters. The van der Waals surface area contributed by atoms with Crippen LogP contribution in [0.4, 0.5) is 17.1 Å². The van der Waals surface area contributed by atoms with Gasteiger partial charge >= 0.3 is 0 Å². The number of anilines is 3. The van der Waals surface area contributed by atoms with Crippen LogP contribution in [0.3, 0.4) is 0 Å². The molecule has 0 amide bonds. The van der Waals surface area contributed by atoms with Gasteiger partial charge in [0, 0.05) is 43.9 Å². The molecular weight excluding hydrogens is 767 g/mol. The quantitative estimate of drug-likeness (QED) is 0.157. The first-order chi connectivity index (χ1) is 31.2. The molecule has 63 heavy (non-hydrogen) atoms. The van der Waals surface area contributed by atoms with Crippen molar-refractivity contribution in [1.29, 1.82) is 0 Å². The minimum absolute atomic E-state index is 0.895. The Bertz CT molecular complexity index is 3910. The molecule has 0 aliphatic heterocycles. The van der Waals surface area contributed by atoms with Gasteiger partial charge < -0.3 is 13.7 Å². The van der Waals surface area contributed by atoms with Crippen molar-refractivity contribution < 1.29 is 8.83 Å². The predicted molar refractivity (Wildman–Crippen MR) is 265 cm³/mol. The van der Waals surface area contributed by atoms with Crippen molar-refractivity contribution >= 4 is 93.3 Å². The van der Waals surface area contributed by atoms with Crippen LogP contribution in [0.2, 0.25) is 0 Å². The van der Waals surface area contributed by atoms with Crippen LogP contribution in [0.15, 0.2) is 233 Å². The van der Waals surface area contributed by atoms with Gasteiger partial charge in [0.1, 0.15) is 22.3 Å². The molecule has 0 bridgehead atoms. The molecule has 13 aromatic rings. The van der Waals surface area contributed by atoms with Gasteiger partial charge in [-0.15, -0.1) is 0 Å². The molecule has 0 radical (unpaired) electrons. The second kappa shape index (κ2) is 14.1. The number of hydrogen-bond donors (Lipinski definition) is 0. The topological polar surface area (TPSA) is 29.5 Å². The number of furan rings is 2. The van der Waals surface area contributed by atoms with E-state index >= 15 is 0 Å². The number of hydrogen-bond acceptors (Lipinski definition) is 3. The highest BCUT2D eigenvalue weighted by atomic mass is 16.3. The second-order valence-electron chi connectivity index (χ2n) is 16.4. The van der Waals surface area contributed by atoms with Crippen LogP contribution >= 0.6 is 0 Å². The third-order valence-electron chi connectivity index (χ3n) is 12.8. The van der Waals surface area contributed by atoms with Gasteiger partial charge in [0.15, 0.2) is 0 Å². The minimum atomic E-state index is 0.895. The average Bonchev–Trinajstić information content (AvgIpc) is 3.92. The zero-order valence-corrected chi connectivity index (χ0v) is 34.1. The maximum absolute atomic E-state index is 6.53. The molecular formula is C60H37NO2. The molecule has 2 heterocycles. The maximum atomic E-state index is 6.53. The van der Waals surface area contributed by atoms with Gasteiger partial charge in [-0.2, -0.15) is 0 Å². The van der Waals surface area contributed by atoms with Crippen molar-refractivity contribution in [2.24, 2.45) is 0 Å². The predicted octanol–water partition coefficient (Wildman–Crippen LogP) is 17.4. The highest BCUT2D eigenvalue weighted by molar-refractivity contribution is 6.15. The van der Waals surface area contributed by atoms with Gasteiger partial charge in [0.2, 0.25) is 0 Å². The molecule has 0 N–H and O–H groups in total. The summed E-state index contributed by atoms with van der Waals surface area (Å²) < 4.78 is 12.8. The van der Waals surface area contributed by atoms with Crippen molar-refractivity contribution in [2.75, 3.05) is 4.90 Å². The highest BCUT2D eigenvalue weighted by Gasteiger charge is 2.20. The fourth-order valence-corrected chi connectivity index (χ4v) is 9.82. The summed E-state index contributed by atoms with van der Waals surface area (Å²) in [6.45, 7) is 0. The zero-order chi connectivity index (χ0) is 41.4. The van der Waals surface area contributed by atoms with Gasteiger partial charge in [-0.1, -0.05) is 158 Å². The lowest BCUT2D eigenvalue weighted by Crippen LogP contribution is -2.10. The SMILES string of the molecule is c1ccc2c(-c3ccc(N(c4ccc(-c5ccc6c(c5)oc5ccccc56)cc4)c4cc5ccccc5c5ccccc45)cc3)cc(-c3cccc4c3oc3ccccc34)cc2c1. The Balaban J connectivity index is 0.950. The van der Waals surface area contributed by atoms with E-state index in [1.807, 2.05) is 24.3 Å². The Kier molecular flexibility index (Phi) is 7.91. The summed E-state index contributed by atoms with van der Waals surface area (Å²) in [5.41, 5.74) is 13.7. The molecule has 2 aromatic heterocycles. The minimum Gasteiger partial charge on any atom is -0.456 e. The summed E-state index contributed by atoms with van der Waals surface area (Å²) in [4.78, 5) is 2.40. The van der Waals surface area contributed by atoms with Crippen molar-refractivity contribution in [3.8, 4) is 33.4 Å². The highest BCUT2D eigenvalue weighted by Crippen LogP contribution is 2.45. The van der Waals surface area contributed by atoms with Crippen molar-refractivity contribution in [2.45, 2.75) is 0 Å². The third kappa shape index (κ3) is 5.75. The lowest BCUT2D eigenvalue weighted by atomic mass is 9.92. The van der Waals surface area contributed by atoms with Crippen LogP contribution in [0.5, 0.6) is 0 Å². The Morgan fingerprint density at radius 2 is 0.810 bits per heavy atom. The Hall–Kier alpha value is -8.40. The Morgan fingerprint density at radius 1 is 0.270 bits per heavy atom. The fraction of sp³-hybridized carbons (Fsp3) is 0. The largest absolute Gasteiger partial charge is 0.456 e. The van der Waals surface area contributed by atoms with Crippen LogP contribution < -0.4 is 4.90 Å². The summed E-state index contributed by atoms with van der Waals surface area (Å²) >= 11 is 0. The molecule has 3 nitrogen and oxygen atoms in total. The van der Waals surface area contributed by atoms with E-state index in [-0.39, 0.29) is 0 Å². The smallest absolute Gasteiger partial charge is 0.143 e. The van der Waals surface area contributed by atoms with Gasteiger partial charge in [0.05, 0.1) is 5.69 Å². The lowest BCUT2D eigenvalue weighted by molar-refractivity contribution is 0.669. The molecule has 0 spiro atoms. The van der Waals surface area contributed by atoms with Gasteiger partial charge in [0.25, 0.3) is 0 Å². The number of para-hydroxylation sites is 3. The first-order valence-corrected chi connectivity index (χ1v) is 21.5. The summed E-state index contributed by atoms with van der Waals surface area (Å²) in [5.74, 6) is 0. The Labute approximate surface area is 363 Å². The van der Waals surface area contributed by atoms with E-state index in [4.69, 9.17) is 8.83 Å². The molecule has 0 saturated heterocycles. The van der Waals surface area contributed by atoms with E-state index in [1.165, 1.54) is 37.9 Å². The van der Waals surface area contributed by atoms with Gasteiger partial charge in [-0.25, -0.2) is 0 Å². The molecule has 0 saturated carbocycles. The van der Waals surface area contributed by atoms with Crippen molar-refractivity contribution in [3.63, 3.8) is 0 Å². The summed E-state index contributed by atoms with van der Waals surface area (Å²) in [6, 6.07) is 80.7. The average molecular weight is 804 g/mol. The number of fused-ring (bicyclic) bond motifs is 10. The molecule has 0 fully saturated rings. The third-order valence-corrected chi connectivity index (χ3v) is 12.8. The normalized spacial score (nSPS) is 11.8. The zero-order valence-electron chi connectivity index (χ0n) is 34.1. The van der Waals surface area contributed by atoms with Crippen LogP contribution in [0.25, 0.3) is 110 Å². The first-order valence-electron chi connectivity index (χ1n) is 21.5. The fourth-order valence-electron chi connectivity index (χ4n) is 9.82. The summed E-state index contributed by atoms with van der Waals surface area (Å²) in [5, 5.41) is 11.8. The molecule has 13 rings (SSSR count). The first kappa shape index (κ1) is 35.4. The monoisotopic (exact) mass is 803 g/mol. The maximum Gasteiger partial charge on any atom is 0.143 e. The van der Waals surface area contributed by atoms with E-state index in [2.05, 4.69) is 205 Å². The molecule has 0 aliphatic rings. The number of benzene rings is 11. The molecule has 0 atom stereocenters. The van der Waals surface area contributed by atoms with Crippen LogP contribution in [-0.2, 0) is 0 Å². The van der Waals surface area contributed by atoms with E-state index in [1.54, 1.807) is 0 Å². The van der Waals surface area contributed by atoms with Crippen LogP contribution in [0.1, 0.15) is 0 Å². The summed E-state index contributed by atoms with van der Waals surface area (Å²) in [7, 11) is 0. The Morgan fingerprint density at radius 3 is 1.56 bits per heavy atom. The van der Waals surface area contributed by atoms with Crippen molar-refractivity contribution in [3.05, 3.63) is 224 Å².